The normalized spacial score (nSPS) is 11.4. The third-order valence-electron chi connectivity index (χ3n) is 5.35. The Kier molecular flexibility index (Phi) is 8.75. The molecule has 0 aliphatic heterocycles. The molecule has 0 atom stereocenters. The summed E-state index contributed by atoms with van der Waals surface area (Å²) in [6.07, 6.45) is 4.61. The molecule has 0 radical (unpaired) electrons. The zero-order valence-corrected chi connectivity index (χ0v) is 21.4. The van der Waals surface area contributed by atoms with Crippen molar-refractivity contribution >= 4 is 46.5 Å². The van der Waals surface area contributed by atoms with Crippen LogP contribution in [-0.4, -0.2) is 59.9 Å². The number of H-pyrrole nitrogens is 1. The van der Waals surface area contributed by atoms with Crippen molar-refractivity contribution in [2.24, 2.45) is 4.99 Å². The zero-order chi connectivity index (χ0) is 22.3. The van der Waals surface area contributed by atoms with E-state index in [9.17, 15) is 0 Å². The average Bonchev–Trinajstić information content (AvgIpc) is 3.43. The monoisotopic (exact) mass is 563 g/mol. The van der Waals surface area contributed by atoms with E-state index in [0.717, 1.165) is 77.9 Å². The highest BCUT2D eigenvalue weighted by atomic mass is 127. The number of nitrogens with zero attached hydrogens (tertiary/aromatic N) is 4. The maximum Gasteiger partial charge on any atom is 0.190 e. The van der Waals surface area contributed by atoms with Crippen molar-refractivity contribution in [2.75, 3.05) is 34.4 Å². The van der Waals surface area contributed by atoms with Crippen LogP contribution in [0, 0.1) is 0 Å². The molecule has 0 bridgehead atoms. The number of aromatic amines is 1. The number of halogens is 1. The predicted molar refractivity (Wildman–Crippen MR) is 141 cm³/mol. The Hall–Kier alpha value is -3.02. The smallest absolute Gasteiger partial charge is 0.190 e. The summed E-state index contributed by atoms with van der Waals surface area (Å²) in [6.45, 7) is 1.53. The Labute approximate surface area is 210 Å². The van der Waals surface area contributed by atoms with Gasteiger partial charge in [0, 0.05) is 56.0 Å². The summed E-state index contributed by atoms with van der Waals surface area (Å²) in [5, 5.41) is 16.2. The third-order valence-corrected chi connectivity index (χ3v) is 5.35. The molecule has 0 spiro atoms. The first-order valence-electron chi connectivity index (χ1n) is 10.7. The molecule has 176 valence electrons. The summed E-state index contributed by atoms with van der Waals surface area (Å²) in [6, 6.07) is 11.9. The minimum atomic E-state index is 0. The van der Waals surface area contributed by atoms with E-state index < -0.39 is 0 Å². The second-order valence-electron chi connectivity index (χ2n) is 7.41. The molecule has 1 aromatic carbocycles. The highest BCUT2D eigenvalue weighted by molar-refractivity contribution is 14.0. The summed E-state index contributed by atoms with van der Waals surface area (Å²) >= 11 is 0. The maximum atomic E-state index is 5.50. The second kappa shape index (κ2) is 11.7. The van der Waals surface area contributed by atoms with Crippen molar-refractivity contribution < 1.29 is 9.47 Å². The van der Waals surface area contributed by atoms with Gasteiger partial charge in [0.15, 0.2) is 11.6 Å². The lowest BCUT2D eigenvalue weighted by atomic mass is 10.2. The van der Waals surface area contributed by atoms with Crippen LogP contribution in [0.2, 0.25) is 0 Å². The van der Waals surface area contributed by atoms with Crippen LogP contribution in [0.15, 0.2) is 47.6 Å². The molecule has 3 heterocycles. The molecule has 3 N–H and O–H groups in total. The molecule has 0 aliphatic carbocycles. The number of nitrogens with one attached hydrogen (secondary N) is 3. The number of ether oxygens (including phenoxy) is 2. The highest BCUT2D eigenvalue weighted by Crippen LogP contribution is 2.31. The van der Waals surface area contributed by atoms with Crippen LogP contribution < -0.4 is 20.1 Å². The van der Waals surface area contributed by atoms with Gasteiger partial charge in [-0.1, -0.05) is 6.07 Å². The number of aliphatic imine (C=N–C) groups is 1. The standard InChI is InChI=1S/C23H29N7O2.HI/c1-24-23(26-11-9-22-29-28-21-8-4-5-12-30(21)22)25-10-6-7-16-13-18-19(27-16)14-17(31-2)15-20(18)32-3;/h4-5,8,12-15,27H,6-7,9-11H2,1-3H3,(H2,24,25,26);1H. The molecule has 0 saturated carbocycles. The lowest BCUT2D eigenvalue weighted by Crippen LogP contribution is -2.39. The summed E-state index contributed by atoms with van der Waals surface area (Å²) in [4.78, 5) is 7.77. The second-order valence-corrected chi connectivity index (χ2v) is 7.41. The predicted octanol–water partition coefficient (Wildman–Crippen LogP) is 3.19. The van der Waals surface area contributed by atoms with E-state index in [1.54, 1.807) is 21.3 Å². The fourth-order valence-electron chi connectivity index (χ4n) is 3.72. The summed E-state index contributed by atoms with van der Waals surface area (Å²) < 4.78 is 12.8. The molecular weight excluding hydrogens is 533 g/mol. The summed E-state index contributed by atoms with van der Waals surface area (Å²) in [5.41, 5.74) is 3.04. The first-order valence-corrected chi connectivity index (χ1v) is 10.7. The molecule has 0 aliphatic rings. The fourth-order valence-corrected chi connectivity index (χ4v) is 3.72. The van der Waals surface area contributed by atoms with Gasteiger partial charge in [-0.3, -0.25) is 9.39 Å². The van der Waals surface area contributed by atoms with Crippen molar-refractivity contribution in [3.8, 4) is 11.5 Å². The first kappa shape index (κ1) is 24.6. The van der Waals surface area contributed by atoms with Crippen LogP contribution in [0.1, 0.15) is 17.9 Å². The van der Waals surface area contributed by atoms with Crippen LogP contribution in [0.3, 0.4) is 0 Å². The Morgan fingerprint density at radius 3 is 2.70 bits per heavy atom. The maximum absolute atomic E-state index is 5.50. The van der Waals surface area contributed by atoms with Crippen LogP contribution >= 0.6 is 24.0 Å². The molecule has 10 heteroatoms. The number of benzene rings is 1. The van der Waals surface area contributed by atoms with Gasteiger partial charge in [0.05, 0.1) is 19.7 Å². The van der Waals surface area contributed by atoms with Gasteiger partial charge >= 0.3 is 0 Å². The largest absolute Gasteiger partial charge is 0.497 e. The minimum Gasteiger partial charge on any atom is -0.497 e. The lowest BCUT2D eigenvalue weighted by molar-refractivity contribution is 0.398. The molecule has 0 unspecified atom stereocenters. The van der Waals surface area contributed by atoms with Crippen LogP contribution in [0.5, 0.6) is 11.5 Å². The number of guanidine groups is 1. The number of pyridine rings is 1. The molecule has 33 heavy (non-hydrogen) atoms. The summed E-state index contributed by atoms with van der Waals surface area (Å²) in [5.74, 6) is 3.29. The van der Waals surface area contributed by atoms with E-state index in [2.05, 4.69) is 36.9 Å². The zero-order valence-electron chi connectivity index (χ0n) is 19.1. The molecule has 4 aromatic rings. The third kappa shape index (κ3) is 5.86. The Morgan fingerprint density at radius 2 is 1.91 bits per heavy atom. The van der Waals surface area contributed by atoms with E-state index in [1.807, 2.05) is 40.9 Å². The van der Waals surface area contributed by atoms with E-state index in [4.69, 9.17) is 9.47 Å². The van der Waals surface area contributed by atoms with Gasteiger partial charge in [0.2, 0.25) is 0 Å². The molecule has 0 saturated heterocycles. The van der Waals surface area contributed by atoms with E-state index >= 15 is 0 Å². The van der Waals surface area contributed by atoms with Gasteiger partial charge in [-0.2, -0.15) is 0 Å². The topological polar surface area (TPSA) is 101 Å². The first-order chi connectivity index (χ1) is 15.7. The van der Waals surface area contributed by atoms with Crippen molar-refractivity contribution in [1.82, 2.24) is 30.2 Å². The number of aromatic nitrogens is 4. The van der Waals surface area contributed by atoms with Crippen LogP contribution in [0.25, 0.3) is 16.6 Å². The number of methoxy groups -OCH3 is 2. The van der Waals surface area contributed by atoms with Gasteiger partial charge in [-0.05, 0) is 31.0 Å². The minimum absolute atomic E-state index is 0. The average molecular weight is 563 g/mol. The van der Waals surface area contributed by atoms with E-state index in [1.165, 1.54) is 0 Å². The molecule has 0 amide bonds. The van der Waals surface area contributed by atoms with Crippen molar-refractivity contribution in [3.05, 3.63) is 54.1 Å². The molecule has 4 rings (SSSR count). The van der Waals surface area contributed by atoms with Crippen LogP contribution in [0.4, 0.5) is 0 Å². The van der Waals surface area contributed by atoms with Gasteiger partial charge in [-0.25, -0.2) is 0 Å². The Balaban J connectivity index is 0.00000306. The van der Waals surface area contributed by atoms with E-state index in [-0.39, 0.29) is 24.0 Å². The Morgan fingerprint density at radius 1 is 1.06 bits per heavy atom. The molecule has 9 nitrogen and oxygen atoms in total. The summed E-state index contributed by atoms with van der Waals surface area (Å²) in [7, 11) is 5.11. The van der Waals surface area contributed by atoms with Crippen molar-refractivity contribution in [3.63, 3.8) is 0 Å². The number of aryl methyl sites for hydroxylation is 1. The van der Waals surface area contributed by atoms with Gasteiger partial charge < -0.3 is 25.1 Å². The highest BCUT2D eigenvalue weighted by Gasteiger charge is 2.09. The number of hydrogen-bond donors (Lipinski definition) is 3. The molecule has 3 aromatic heterocycles. The van der Waals surface area contributed by atoms with Gasteiger partial charge in [0.1, 0.15) is 17.3 Å². The lowest BCUT2D eigenvalue weighted by Gasteiger charge is -2.11. The Bertz CT molecular complexity index is 1220. The van der Waals surface area contributed by atoms with Crippen molar-refractivity contribution in [2.45, 2.75) is 19.3 Å². The molecular formula is C23H30IN7O2. The quantitative estimate of drug-likeness (QED) is 0.125. The van der Waals surface area contributed by atoms with Crippen LogP contribution in [-0.2, 0) is 12.8 Å². The fraction of sp³-hybridized carbons (Fsp3) is 0.348. The number of hydrogen-bond acceptors (Lipinski definition) is 5. The SMILES string of the molecule is CN=C(NCCCc1cc2c(OC)cc(OC)cc2[nH]1)NCCc1nnc2ccccn12.I. The number of fused-ring (bicyclic) bond motifs is 2. The van der Waals surface area contributed by atoms with Gasteiger partial charge in [0.25, 0.3) is 0 Å². The van der Waals surface area contributed by atoms with Gasteiger partial charge in [-0.15, -0.1) is 34.2 Å². The molecule has 0 fully saturated rings. The number of rotatable bonds is 9. The van der Waals surface area contributed by atoms with Crippen molar-refractivity contribution in [1.29, 1.82) is 0 Å². The van der Waals surface area contributed by atoms with E-state index in [0.29, 0.717) is 0 Å².